The fourth-order valence-electron chi connectivity index (χ4n) is 1.95. The monoisotopic (exact) mass is 349 g/mol. The van der Waals surface area contributed by atoms with E-state index < -0.39 is 19.9 Å². The number of fused-ring (bicyclic) bond motifs is 1. The SMILES string of the molecule is C=C/C=C\C(=C/C=C)S(=O)(=O)Nc1ccc2c(c1)S(=O)(=O)C=C2. The third kappa shape index (κ3) is 3.69. The maximum Gasteiger partial charge on any atom is 0.261 e. The molecule has 120 valence electrons. The number of anilines is 1. The average Bonchev–Trinajstić information content (AvgIpc) is 2.78. The van der Waals surface area contributed by atoms with Gasteiger partial charge in [-0.05, 0) is 35.9 Å². The van der Waals surface area contributed by atoms with Crippen LogP contribution in [0.15, 0.2) is 76.9 Å². The van der Waals surface area contributed by atoms with Crippen molar-refractivity contribution in [3.05, 3.63) is 77.6 Å². The van der Waals surface area contributed by atoms with Gasteiger partial charge in [0.05, 0.1) is 15.5 Å². The summed E-state index contributed by atoms with van der Waals surface area (Å²) in [5, 5.41) is 1.09. The first-order valence-corrected chi connectivity index (χ1v) is 9.55. The quantitative estimate of drug-likeness (QED) is 0.801. The topological polar surface area (TPSA) is 80.3 Å². The molecular weight excluding hydrogens is 334 g/mol. The molecule has 1 N–H and O–H groups in total. The zero-order valence-corrected chi connectivity index (χ0v) is 13.8. The van der Waals surface area contributed by atoms with E-state index in [0.717, 1.165) is 5.41 Å². The van der Waals surface area contributed by atoms with Gasteiger partial charge in [0.15, 0.2) is 0 Å². The van der Waals surface area contributed by atoms with E-state index in [1.54, 1.807) is 6.07 Å². The van der Waals surface area contributed by atoms with Crippen LogP contribution in [0.4, 0.5) is 5.69 Å². The number of rotatable bonds is 6. The van der Waals surface area contributed by atoms with Crippen molar-refractivity contribution in [1.29, 1.82) is 0 Å². The zero-order valence-electron chi connectivity index (χ0n) is 12.1. The molecule has 0 atom stereocenters. The predicted octanol–water partition coefficient (Wildman–Crippen LogP) is 3.00. The van der Waals surface area contributed by atoms with E-state index in [1.807, 2.05) is 0 Å². The Labute approximate surface area is 136 Å². The molecule has 0 saturated carbocycles. The first kappa shape index (κ1) is 17.0. The van der Waals surface area contributed by atoms with Crippen LogP contribution in [-0.2, 0) is 19.9 Å². The molecule has 23 heavy (non-hydrogen) atoms. The molecule has 0 radical (unpaired) electrons. The Morgan fingerprint density at radius 3 is 2.57 bits per heavy atom. The molecule has 0 spiro atoms. The van der Waals surface area contributed by atoms with E-state index in [4.69, 9.17) is 0 Å². The van der Waals surface area contributed by atoms with Crippen LogP contribution < -0.4 is 4.72 Å². The van der Waals surface area contributed by atoms with Gasteiger partial charge in [-0.1, -0.05) is 37.5 Å². The largest absolute Gasteiger partial charge is 0.280 e. The normalized spacial score (nSPS) is 16.3. The fourth-order valence-corrected chi connectivity index (χ4v) is 4.26. The molecule has 0 aliphatic carbocycles. The van der Waals surface area contributed by atoms with Crippen molar-refractivity contribution in [3.63, 3.8) is 0 Å². The minimum atomic E-state index is -3.87. The van der Waals surface area contributed by atoms with E-state index in [-0.39, 0.29) is 15.5 Å². The standard InChI is InChI=1S/C16H15NO4S2/c1-3-5-7-15(6-4-2)23(20,21)17-14-9-8-13-10-11-22(18,19)16(13)12-14/h3-12,17H,1-2H2/b7-5-,15-6+. The van der Waals surface area contributed by atoms with Crippen molar-refractivity contribution < 1.29 is 16.8 Å². The van der Waals surface area contributed by atoms with Crippen molar-refractivity contribution in [2.45, 2.75) is 4.90 Å². The molecule has 1 aliphatic rings. The molecule has 0 amide bonds. The van der Waals surface area contributed by atoms with Crippen molar-refractivity contribution in [2.24, 2.45) is 0 Å². The highest BCUT2D eigenvalue weighted by atomic mass is 32.2. The molecular formula is C16H15NO4S2. The first-order valence-electron chi connectivity index (χ1n) is 6.52. The minimum absolute atomic E-state index is 0.0196. The second-order valence-corrected chi connectivity index (χ2v) is 8.09. The number of nitrogens with one attached hydrogen (secondary N) is 1. The number of sulfonamides is 1. The minimum Gasteiger partial charge on any atom is -0.280 e. The summed E-state index contributed by atoms with van der Waals surface area (Å²) in [4.78, 5) is 0.0578. The lowest BCUT2D eigenvalue weighted by Gasteiger charge is -2.10. The summed E-state index contributed by atoms with van der Waals surface area (Å²) in [5.74, 6) is 0. The van der Waals surface area contributed by atoms with Crippen LogP contribution in [0.5, 0.6) is 0 Å². The number of hydrogen-bond acceptors (Lipinski definition) is 4. The van der Waals surface area contributed by atoms with Gasteiger partial charge in [0.1, 0.15) is 0 Å². The molecule has 1 aromatic carbocycles. The first-order chi connectivity index (χ1) is 10.8. The zero-order chi connectivity index (χ0) is 17.1. The van der Waals surface area contributed by atoms with Crippen molar-refractivity contribution >= 4 is 31.6 Å². The van der Waals surface area contributed by atoms with E-state index in [2.05, 4.69) is 17.9 Å². The Balaban J connectivity index is 2.39. The van der Waals surface area contributed by atoms with Crippen LogP contribution in [0.3, 0.4) is 0 Å². The maximum atomic E-state index is 12.4. The van der Waals surface area contributed by atoms with Crippen LogP contribution >= 0.6 is 0 Å². The van der Waals surface area contributed by atoms with Gasteiger partial charge in [0.2, 0.25) is 9.84 Å². The van der Waals surface area contributed by atoms with Gasteiger partial charge in [-0.15, -0.1) is 0 Å². The Hall–Kier alpha value is -2.38. The van der Waals surface area contributed by atoms with Gasteiger partial charge < -0.3 is 0 Å². The van der Waals surface area contributed by atoms with Crippen molar-refractivity contribution in [3.8, 4) is 0 Å². The number of benzene rings is 1. The third-order valence-corrected chi connectivity index (χ3v) is 5.85. The predicted molar refractivity (Wildman–Crippen MR) is 92.8 cm³/mol. The lowest BCUT2D eigenvalue weighted by Crippen LogP contribution is -2.14. The summed E-state index contributed by atoms with van der Waals surface area (Å²) in [7, 11) is -7.38. The van der Waals surface area contributed by atoms with Gasteiger partial charge in [-0.25, -0.2) is 16.8 Å². The molecule has 0 saturated heterocycles. The van der Waals surface area contributed by atoms with Crippen LogP contribution in [0.1, 0.15) is 5.56 Å². The molecule has 0 aromatic heterocycles. The van der Waals surface area contributed by atoms with Crippen LogP contribution in [0, 0.1) is 0 Å². The highest BCUT2D eigenvalue weighted by Crippen LogP contribution is 2.30. The number of allylic oxidation sites excluding steroid dienone is 5. The lowest BCUT2D eigenvalue weighted by atomic mass is 10.2. The van der Waals surface area contributed by atoms with Gasteiger partial charge in [-0.3, -0.25) is 4.72 Å². The van der Waals surface area contributed by atoms with E-state index in [9.17, 15) is 16.8 Å². The summed E-state index contributed by atoms with van der Waals surface area (Å²) in [6, 6.07) is 4.35. The Kier molecular flexibility index (Phi) is 4.72. The molecule has 1 aliphatic heterocycles. The second kappa shape index (κ2) is 6.39. The summed E-state index contributed by atoms with van der Waals surface area (Å²) in [6.07, 6.45) is 8.43. The van der Waals surface area contributed by atoms with Crippen LogP contribution in [0.2, 0.25) is 0 Å². The van der Waals surface area contributed by atoms with Gasteiger partial charge in [0.25, 0.3) is 10.0 Å². The van der Waals surface area contributed by atoms with E-state index >= 15 is 0 Å². The van der Waals surface area contributed by atoms with Crippen molar-refractivity contribution in [1.82, 2.24) is 0 Å². The van der Waals surface area contributed by atoms with Crippen molar-refractivity contribution in [2.75, 3.05) is 4.72 Å². The van der Waals surface area contributed by atoms with E-state index in [1.165, 1.54) is 48.6 Å². The highest BCUT2D eigenvalue weighted by molar-refractivity contribution is 7.96. The fraction of sp³-hybridized carbons (Fsp3) is 0. The summed E-state index contributed by atoms with van der Waals surface area (Å²) in [5.41, 5.74) is 0.694. The molecule has 2 rings (SSSR count). The van der Waals surface area contributed by atoms with E-state index in [0.29, 0.717) is 5.56 Å². The van der Waals surface area contributed by atoms with Gasteiger partial charge >= 0.3 is 0 Å². The molecule has 1 heterocycles. The molecule has 0 fully saturated rings. The Bertz CT molecular complexity index is 950. The van der Waals surface area contributed by atoms with Gasteiger partial charge in [0, 0.05) is 5.41 Å². The molecule has 7 heteroatoms. The van der Waals surface area contributed by atoms with Crippen LogP contribution in [-0.4, -0.2) is 16.8 Å². The molecule has 1 aromatic rings. The summed E-state index contributed by atoms with van der Waals surface area (Å²) in [6.45, 7) is 6.96. The number of sulfone groups is 1. The number of hydrogen-bond donors (Lipinski definition) is 1. The summed E-state index contributed by atoms with van der Waals surface area (Å²) < 4.78 is 50.8. The van der Waals surface area contributed by atoms with Crippen LogP contribution in [0.25, 0.3) is 6.08 Å². The average molecular weight is 349 g/mol. The summed E-state index contributed by atoms with van der Waals surface area (Å²) >= 11 is 0. The van der Waals surface area contributed by atoms with Gasteiger partial charge in [-0.2, -0.15) is 0 Å². The molecule has 0 bridgehead atoms. The Morgan fingerprint density at radius 1 is 1.17 bits per heavy atom. The lowest BCUT2D eigenvalue weighted by molar-refractivity contribution is 0.604. The smallest absolute Gasteiger partial charge is 0.261 e. The maximum absolute atomic E-state index is 12.4. The third-order valence-electron chi connectivity index (χ3n) is 2.99. The highest BCUT2D eigenvalue weighted by Gasteiger charge is 2.22. The Morgan fingerprint density at radius 2 is 1.91 bits per heavy atom. The molecule has 5 nitrogen and oxygen atoms in total. The molecule has 0 unspecified atom stereocenters. The second-order valence-electron chi connectivity index (χ2n) is 4.61.